The second-order valence-electron chi connectivity index (χ2n) is 8.57. The van der Waals surface area contributed by atoms with E-state index in [9.17, 15) is 14.7 Å². The predicted molar refractivity (Wildman–Crippen MR) is 134 cm³/mol. The molecule has 1 aliphatic heterocycles. The maximum atomic E-state index is 13.1. The molecular formula is C28H35NO6. The summed E-state index contributed by atoms with van der Waals surface area (Å²) in [5.41, 5.74) is 1.19. The number of ketones is 1. The Morgan fingerprint density at radius 2 is 1.63 bits per heavy atom. The molecule has 2 aromatic rings. The SMILES string of the molecule is CCCCCOc1ccc(/C(O)=C2/C(=O)C(=O)N(CCC)C2c2cccc(OCCCO)c2)cc1. The molecule has 1 amide bonds. The summed E-state index contributed by atoms with van der Waals surface area (Å²) in [6.45, 7) is 5.45. The third-order valence-corrected chi connectivity index (χ3v) is 5.89. The number of carbonyl (C=O) groups excluding carboxylic acids is 2. The van der Waals surface area contributed by atoms with Gasteiger partial charge < -0.3 is 24.6 Å². The standard InChI is InChI=1S/C28H35NO6/c1-3-5-6-17-34-22-13-11-20(12-14-22)26(31)24-25(29(15-4-2)28(33)27(24)32)21-9-7-10-23(19-21)35-18-8-16-30/h7,9-14,19,25,30-31H,3-6,8,15-18H2,1-2H3/b26-24-. The van der Waals surface area contributed by atoms with Crippen molar-refractivity contribution < 1.29 is 29.3 Å². The molecule has 2 aromatic carbocycles. The fourth-order valence-electron chi connectivity index (χ4n) is 4.13. The van der Waals surface area contributed by atoms with Crippen LogP contribution in [0.4, 0.5) is 0 Å². The number of Topliss-reactive ketones (excluding diaryl/α,β-unsaturated/α-hetero) is 1. The lowest BCUT2D eigenvalue weighted by Crippen LogP contribution is -2.30. The van der Waals surface area contributed by atoms with E-state index in [0.29, 0.717) is 55.2 Å². The zero-order valence-corrected chi connectivity index (χ0v) is 20.5. The molecule has 0 saturated carbocycles. The van der Waals surface area contributed by atoms with E-state index in [1.165, 1.54) is 4.90 Å². The van der Waals surface area contributed by atoms with Gasteiger partial charge in [-0.05, 0) is 54.8 Å². The van der Waals surface area contributed by atoms with Gasteiger partial charge in [0.25, 0.3) is 11.7 Å². The van der Waals surface area contributed by atoms with Crippen LogP contribution in [0.5, 0.6) is 11.5 Å². The summed E-state index contributed by atoms with van der Waals surface area (Å²) in [5.74, 6) is -0.277. The molecule has 1 aliphatic rings. The monoisotopic (exact) mass is 481 g/mol. The lowest BCUT2D eigenvalue weighted by Gasteiger charge is -2.25. The van der Waals surface area contributed by atoms with Gasteiger partial charge in [0.1, 0.15) is 17.3 Å². The summed E-state index contributed by atoms with van der Waals surface area (Å²) in [4.78, 5) is 27.5. The first kappa shape index (κ1) is 26.3. The van der Waals surface area contributed by atoms with Crippen LogP contribution in [0.1, 0.15) is 63.1 Å². The Labute approximate surface area is 207 Å². The molecule has 7 heteroatoms. The molecular weight excluding hydrogens is 446 g/mol. The van der Waals surface area contributed by atoms with Crippen molar-refractivity contribution in [3.8, 4) is 11.5 Å². The van der Waals surface area contributed by atoms with E-state index in [4.69, 9.17) is 14.6 Å². The van der Waals surface area contributed by atoms with Crippen molar-refractivity contribution in [2.24, 2.45) is 0 Å². The van der Waals surface area contributed by atoms with E-state index in [1.807, 2.05) is 13.0 Å². The highest BCUT2D eigenvalue weighted by molar-refractivity contribution is 6.46. The van der Waals surface area contributed by atoms with Gasteiger partial charge in [0, 0.05) is 25.1 Å². The zero-order chi connectivity index (χ0) is 25.2. The van der Waals surface area contributed by atoms with Gasteiger partial charge in [0.2, 0.25) is 0 Å². The summed E-state index contributed by atoms with van der Waals surface area (Å²) in [7, 11) is 0. The zero-order valence-electron chi connectivity index (χ0n) is 20.5. The Morgan fingerprint density at radius 3 is 2.31 bits per heavy atom. The summed E-state index contributed by atoms with van der Waals surface area (Å²) >= 11 is 0. The lowest BCUT2D eigenvalue weighted by atomic mass is 9.95. The van der Waals surface area contributed by atoms with Crippen LogP contribution in [-0.4, -0.2) is 53.2 Å². The lowest BCUT2D eigenvalue weighted by molar-refractivity contribution is -0.139. The van der Waals surface area contributed by atoms with E-state index < -0.39 is 17.7 Å². The van der Waals surface area contributed by atoms with E-state index in [1.54, 1.807) is 42.5 Å². The summed E-state index contributed by atoms with van der Waals surface area (Å²) in [6.07, 6.45) is 4.36. The molecule has 0 spiro atoms. The van der Waals surface area contributed by atoms with Crippen LogP contribution in [0.2, 0.25) is 0 Å². The van der Waals surface area contributed by atoms with Crippen LogP contribution in [-0.2, 0) is 9.59 Å². The van der Waals surface area contributed by atoms with E-state index >= 15 is 0 Å². The number of rotatable bonds is 13. The van der Waals surface area contributed by atoms with Crippen LogP contribution in [0.25, 0.3) is 5.76 Å². The van der Waals surface area contributed by atoms with Gasteiger partial charge in [-0.1, -0.05) is 38.8 Å². The van der Waals surface area contributed by atoms with Crippen LogP contribution < -0.4 is 9.47 Å². The van der Waals surface area contributed by atoms with E-state index in [2.05, 4.69) is 6.92 Å². The van der Waals surface area contributed by atoms with Crippen LogP contribution in [0.3, 0.4) is 0 Å². The Hall–Kier alpha value is -3.32. The smallest absolute Gasteiger partial charge is 0.295 e. The molecule has 1 heterocycles. The minimum Gasteiger partial charge on any atom is -0.507 e. The quantitative estimate of drug-likeness (QED) is 0.184. The first-order chi connectivity index (χ1) is 17.0. The number of unbranched alkanes of at least 4 members (excludes halogenated alkanes) is 2. The molecule has 7 nitrogen and oxygen atoms in total. The van der Waals surface area contributed by atoms with Crippen LogP contribution >= 0.6 is 0 Å². The first-order valence-electron chi connectivity index (χ1n) is 12.4. The van der Waals surface area contributed by atoms with Gasteiger partial charge >= 0.3 is 0 Å². The number of aliphatic hydroxyl groups excluding tert-OH is 2. The Morgan fingerprint density at radius 1 is 0.914 bits per heavy atom. The summed E-state index contributed by atoms with van der Waals surface area (Å²) < 4.78 is 11.4. The molecule has 1 unspecified atom stereocenters. The Kier molecular flexibility index (Phi) is 9.73. The number of nitrogens with zero attached hydrogens (tertiary/aromatic N) is 1. The van der Waals surface area contributed by atoms with Crippen molar-refractivity contribution in [3.63, 3.8) is 0 Å². The molecule has 1 fully saturated rings. The fourth-order valence-corrected chi connectivity index (χ4v) is 4.13. The van der Waals surface area contributed by atoms with Crippen molar-refractivity contribution in [2.75, 3.05) is 26.4 Å². The second kappa shape index (κ2) is 13.0. The summed E-state index contributed by atoms with van der Waals surface area (Å²) in [5, 5.41) is 20.2. The molecule has 0 bridgehead atoms. The molecule has 1 atom stereocenters. The highest BCUT2D eigenvalue weighted by atomic mass is 16.5. The van der Waals surface area contributed by atoms with E-state index in [0.717, 1.165) is 19.3 Å². The fraction of sp³-hybridized carbons (Fsp3) is 0.429. The number of likely N-dealkylation sites (tertiary alicyclic amines) is 1. The van der Waals surface area contributed by atoms with Gasteiger partial charge in [-0.15, -0.1) is 0 Å². The van der Waals surface area contributed by atoms with Gasteiger partial charge in [-0.3, -0.25) is 9.59 Å². The van der Waals surface area contributed by atoms with Gasteiger partial charge in [0.15, 0.2) is 0 Å². The normalized spacial score (nSPS) is 17.1. The molecule has 0 aromatic heterocycles. The highest BCUT2D eigenvalue weighted by Crippen LogP contribution is 2.40. The number of carbonyl (C=O) groups is 2. The second-order valence-corrected chi connectivity index (χ2v) is 8.57. The van der Waals surface area contributed by atoms with Crippen LogP contribution in [0.15, 0.2) is 54.1 Å². The van der Waals surface area contributed by atoms with Gasteiger partial charge in [-0.2, -0.15) is 0 Å². The van der Waals surface area contributed by atoms with Crippen molar-refractivity contribution in [1.82, 2.24) is 4.90 Å². The number of hydrogen-bond acceptors (Lipinski definition) is 6. The molecule has 1 saturated heterocycles. The minimum absolute atomic E-state index is 0.0267. The van der Waals surface area contributed by atoms with Crippen LogP contribution in [0, 0.1) is 0 Å². The largest absolute Gasteiger partial charge is 0.507 e. The molecule has 188 valence electrons. The van der Waals surface area contributed by atoms with Crippen molar-refractivity contribution >= 4 is 17.4 Å². The first-order valence-corrected chi connectivity index (χ1v) is 12.4. The third-order valence-electron chi connectivity index (χ3n) is 5.89. The molecule has 0 radical (unpaired) electrons. The van der Waals surface area contributed by atoms with Crippen molar-refractivity contribution in [1.29, 1.82) is 0 Å². The maximum Gasteiger partial charge on any atom is 0.295 e. The topological polar surface area (TPSA) is 96.3 Å². The average molecular weight is 482 g/mol. The summed E-state index contributed by atoms with van der Waals surface area (Å²) in [6, 6.07) is 13.4. The molecule has 3 rings (SSSR count). The maximum absolute atomic E-state index is 13.1. The highest BCUT2D eigenvalue weighted by Gasteiger charge is 2.45. The number of benzene rings is 2. The van der Waals surface area contributed by atoms with Gasteiger partial charge in [0.05, 0.1) is 24.8 Å². The number of amides is 1. The number of hydrogen-bond donors (Lipinski definition) is 2. The average Bonchev–Trinajstić information content (AvgIpc) is 3.12. The Balaban J connectivity index is 1.94. The number of ether oxygens (including phenoxy) is 2. The van der Waals surface area contributed by atoms with Crippen molar-refractivity contribution in [3.05, 3.63) is 65.2 Å². The van der Waals surface area contributed by atoms with E-state index in [-0.39, 0.29) is 17.9 Å². The van der Waals surface area contributed by atoms with Crippen molar-refractivity contribution in [2.45, 2.75) is 52.0 Å². The molecule has 0 aliphatic carbocycles. The Bertz CT molecular complexity index is 1030. The number of aliphatic hydroxyl groups is 2. The van der Waals surface area contributed by atoms with Gasteiger partial charge in [-0.25, -0.2) is 0 Å². The minimum atomic E-state index is -0.721. The third kappa shape index (κ3) is 6.42. The molecule has 35 heavy (non-hydrogen) atoms. The molecule has 2 N–H and O–H groups in total. The predicted octanol–water partition coefficient (Wildman–Crippen LogP) is 4.85.